The molecule has 12 heteroatoms. The van der Waals surface area contributed by atoms with Gasteiger partial charge in [0, 0.05) is 16.9 Å². The maximum atomic E-state index is 12.8. The number of halogens is 2. The third kappa shape index (κ3) is 7.39. The predicted octanol–water partition coefficient (Wildman–Crippen LogP) is 6.63. The number of hydrogen-bond donors (Lipinski definition) is 2. The summed E-state index contributed by atoms with van der Waals surface area (Å²) in [5.74, 6) is -0.418. The van der Waals surface area contributed by atoms with Crippen molar-refractivity contribution in [3.63, 3.8) is 0 Å². The van der Waals surface area contributed by atoms with Gasteiger partial charge in [-0.3, -0.25) is 13.8 Å². The second-order valence-electron chi connectivity index (χ2n) is 9.42. The molecule has 214 valence electrons. The highest BCUT2D eigenvalue weighted by Crippen LogP contribution is 2.34. The molecule has 0 aliphatic rings. The van der Waals surface area contributed by atoms with Gasteiger partial charge in [0.05, 0.1) is 33.4 Å². The van der Waals surface area contributed by atoms with E-state index in [0.29, 0.717) is 22.5 Å². The van der Waals surface area contributed by atoms with Gasteiger partial charge in [-0.25, -0.2) is 16.8 Å². The predicted molar refractivity (Wildman–Crippen MR) is 165 cm³/mol. The fourth-order valence-corrected chi connectivity index (χ4v) is 6.32. The molecule has 0 radical (unpaired) electrons. The number of carbonyl (C=O) groups is 1. The summed E-state index contributed by atoms with van der Waals surface area (Å²) < 4.78 is 54.3. The minimum absolute atomic E-state index is 0.0209. The van der Waals surface area contributed by atoms with Crippen molar-refractivity contribution in [1.29, 1.82) is 0 Å². The lowest BCUT2D eigenvalue weighted by Crippen LogP contribution is -2.29. The van der Waals surface area contributed by atoms with Crippen LogP contribution in [-0.2, 0) is 26.6 Å². The van der Waals surface area contributed by atoms with Crippen LogP contribution in [0, 0.1) is 13.8 Å². The highest BCUT2D eigenvalue weighted by Gasteiger charge is 2.22. The zero-order valence-corrected chi connectivity index (χ0v) is 25.5. The molecule has 0 unspecified atom stereocenters. The lowest BCUT2D eigenvalue weighted by atomic mass is 10.1. The van der Waals surface area contributed by atoms with Crippen LogP contribution in [-0.4, -0.2) is 29.0 Å². The van der Waals surface area contributed by atoms with Gasteiger partial charge in [-0.15, -0.1) is 0 Å². The van der Waals surface area contributed by atoms with Crippen molar-refractivity contribution in [3.05, 3.63) is 117 Å². The first-order valence-corrected chi connectivity index (χ1v) is 16.4. The molecule has 0 saturated carbocycles. The van der Waals surface area contributed by atoms with E-state index in [1.54, 1.807) is 54.6 Å². The first-order chi connectivity index (χ1) is 19.2. The van der Waals surface area contributed by atoms with Gasteiger partial charge in [0.2, 0.25) is 10.0 Å². The third-order valence-corrected chi connectivity index (χ3v) is 9.66. The Morgan fingerprint density at radius 3 is 2.05 bits per heavy atom. The quantitative estimate of drug-likeness (QED) is 0.215. The molecule has 0 aliphatic carbocycles. The molecule has 2 N–H and O–H groups in total. The molecule has 0 fully saturated rings. The Labute approximate surface area is 250 Å². The van der Waals surface area contributed by atoms with Crippen molar-refractivity contribution in [3.8, 4) is 0 Å². The molecular weight excluding hydrogens is 605 g/mol. The van der Waals surface area contributed by atoms with E-state index in [1.165, 1.54) is 24.3 Å². The fraction of sp³-hybridized carbons (Fsp3) is 0.138. The van der Waals surface area contributed by atoms with E-state index in [9.17, 15) is 21.6 Å². The van der Waals surface area contributed by atoms with Crippen LogP contribution in [0.4, 0.5) is 17.1 Å². The highest BCUT2D eigenvalue weighted by atomic mass is 35.5. The van der Waals surface area contributed by atoms with E-state index in [-0.39, 0.29) is 27.2 Å². The van der Waals surface area contributed by atoms with E-state index in [1.807, 2.05) is 19.9 Å². The van der Waals surface area contributed by atoms with E-state index in [2.05, 4.69) is 10.0 Å². The van der Waals surface area contributed by atoms with Crippen molar-refractivity contribution in [2.45, 2.75) is 25.3 Å². The minimum atomic E-state index is -3.82. The van der Waals surface area contributed by atoms with Crippen molar-refractivity contribution >= 4 is 66.2 Å². The van der Waals surface area contributed by atoms with Gasteiger partial charge in [-0.1, -0.05) is 47.5 Å². The second kappa shape index (κ2) is 12.1. The Kier molecular flexibility index (Phi) is 8.98. The minimum Gasteiger partial charge on any atom is -0.322 e. The highest BCUT2D eigenvalue weighted by molar-refractivity contribution is 7.92. The van der Waals surface area contributed by atoms with Crippen molar-refractivity contribution in [1.82, 2.24) is 0 Å². The SMILES string of the molecule is Cc1ccc(NS(=O)(=O)c2ccc(NC(=O)c3ccc(CN(c4cccc(Cl)c4Cl)S(C)(=O)=O)cc3)cc2)cc1C. The summed E-state index contributed by atoms with van der Waals surface area (Å²) in [5.41, 5.74) is 4.09. The van der Waals surface area contributed by atoms with E-state index < -0.39 is 26.0 Å². The number of nitrogens with zero attached hydrogens (tertiary/aromatic N) is 1. The van der Waals surface area contributed by atoms with Crippen LogP contribution in [0.1, 0.15) is 27.0 Å². The summed E-state index contributed by atoms with van der Waals surface area (Å²) in [4.78, 5) is 12.9. The molecule has 1 amide bonds. The Bertz CT molecular complexity index is 1810. The van der Waals surface area contributed by atoms with Gasteiger partial charge in [0.25, 0.3) is 15.9 Å². The standard InChI is InChI=1S/C29H27Cl2N3O5S2/c1-19-7-12-24(17-20(19)2)33-41(38,39)25-15-13-23(14-16-25)32-29(35)22-10-8-21(9-11-22)18-34(40(3,36)37)27-6-4-5-26(30)28(27)31/h4-17,33H,18H2,1-3H3,(H,32,35). The van der Waals surface area contributed by atoms with E-state index in [4.69, 9.17) is 23.2 Å². The number of amides is 1. The van der Waals surface area contributed by atoms with Gasteiger partial charge in [0.15, 0.2) is 0 Å². The first kappa shape index (κ1) is 30.4. The van der Waals surface area contributed by atoms with Gasteiger partial charge in [-0.2, -0.15) is 0 Å². The molecule has 0 atom stereocenters. The second-order valence-corrected chi connectivity index (χ2v) is 13.8. The molecular formula is C29H27Cl2N3O5S2. The van der Waals surface area contributed by atoms with Crippen molar-refractivity contribution in [2.24, 2.45) is 0 Å². The zero-order chi connectivity index (χ0) is 29.9. The van der Waals surface area contributed by atoms with Gasteiger partial charge >= 0.3 is 0 Å². The van der Waals surface area contributed by atoms with Gasteiger partial charge < -0.3 is 5.32 Å². The molecule has 4 aromatic rings. The zero-order valence-electron chi connectivity index (χ0n) is 22.4. The third-order valence-electron chi connectivity index (χ3n) is 6.32. The first-order valence-electron chi connectivity index (χ1n) is 12.3. The van der Waals surface area contributed by atoms with Crippen LogP contribution in [0.15, 0.2) is 89.8 Å². The largest absolute Gasteiger partial charge is 0.322 e. The summed E-state index contributed by atoms with van der Waals surface area (Å²) in [7, 11) is -7.51. The van der Waals surface area contributed by atoms with Gasteiger partial charge in [-0.05, 0) is 91.2 Å². The Morgan fingerprint density at radius 1 is 0.805 bits per heavy atom. The average molecular weight is 633 g/mol. The Morgan fingerprint density at radius 2 is 1.44 bits per heavy atom. The number of hydrogen-bond acceptors (Lipinski definition) is 5. The maximum absolute atomic E-state index is 12.8. The topological polar surface area (TPSA) is 113 Å². The van der Waals surface area contributed by atoms with E-state index in [0.717, 1.165) is 21.7 Å². The number of carbonyl (C=O) groups excluding carboxylic acids is 1. The van der Waals surface area contributed by atoms with Crippen LogP contribution in [0.25, 0.3) is 0 Å². The molecule has 0 saturated heterocycles. The number of sulfonamides is 2. The van der Waals surface area contributed by atoms with Crippen molar-refractivity contribution in [2.75, 3.05) is 20.6 Å². The summed E-state index contributed by atoms with van der Waals surface area (Å²) in [6.07, 6.45) is 1.07. The summed E-state index contributed by atoms with van der Waals surface area (Å²) in [6, 6.07) is 22.3. The Hall–Kier alpha value is -3.57. The molecule has 0 aliphatic heterocycles. The number of benzene rings is 4. The van der Waals surface area contributed by atoms with Crippen LogP contribution in [0.2, 0.25) is 10.0 Å². The van der Waals surface area contributed by atoms with Gasteiger partial charge in [0.1, 0.15) is 0 Å². The Balaban J connectivity index is 1.44. The normalized spacial score (nSPS) is 11.6. The number of nitrogens with one attached hydrogen (secondary N) is 2. The molecule has 0 aromatic heterocycles. The van der Waals surface area contributed by atoms with E-state index >= 15 is 0 Å². The fourth-order valence-electron chi connectivity index (χ4n) is 3.93. The number of aryl methyl sites for hydroxylation is 2. The van der Waals surface area contributed by atoms with Crippen LogP contribution < -0.4 is 14.3 Å². The molecule has 0 spiro atoms. The lowest BCUT2D eigenvalue weighted by molar-refractivity contribution is 0.102. The molecule has 4 aromatic carbocycles. The summed E-state index contributed by atoms with van der Waals surface area (Å²) in [6.45, 7) is 3.83. The number of anilines is 3. The summed E-state index contributed by atoms with van der Waals surface area (Å²) >= 11 is 12.3. The number of rotatable bonds is 9. The maximum Gasteiger partial charge on any atom is 0.261 e. The van der Waals surface area contributed by atoms with Crippen molar-refractivity contribution < 1.29 is 21.6 Å². The molecule has 0 heterocycles. The molecule has 0 bridgehead atoms. The molecule has 41 heavy (non-hydrogen) atoms. The van der Waals surface area contributed by atoms with Crippen LogP contribution in [0.3, 0.4) is 0 Å². The molecule has 8 nitrogen and oxygen atoms in total. The lowest BCUT2D eigenvalue weighted by Gasteiger charge is -2.24. The molecule has 4 rings (SSSR count). The van der Waals surface area contributed by atoms with Crippen LogP contribution in [0.5, 0.6) is 0 Å². The summed E-state index contributed by atoms with van der Waals surface area (Å²) in [5, 5.41) is 3.08. The van der Waals surface area contributed by atoms with Crippen LogP contribution >= 0.6 is 23.2 Å². The smallest absolute Gasteiger partial charge is 0.261 e. The monoisotopic (exact) mass is 631 g/mol. The average Bonchev–Trinajstić information content (AvgIpc) is 2.91.